The largest absolute Gasteiger partial charge is 0.294 e. The van der Waals surface area contributed by atoms with Crippen molar-refractivity contribution < 1.29 is 4.79 Å². The average molecular weight is 218 g/mol. The van der Waals surface area contributed by atoms with Gasteiger partial charge in [0.25, 0.3) is 0 Å². The first-order valence-corrected chi connectivity index (χ1v) is 5.81. The fourth-order valence-electron chi connectivity index (χ4n) is 2.09. The Kier molecular flexibility index (Phi) is 1.95. The average Bonchev–Trinajstić information content (AvgIpc) is 2.88. The predicted octanol–water partition coefficient (Wildman–Crippen LogP) is 2.38. The van der Waals surface area contributed by atoms with Crippen molar-refractivity contribution in [3.8, 4) is 0 Å². The van der Waals surface area contributed by atoms with Crippen molar-refractivity contribution in [2.24, 2.45) is 0 Å². The Bertz CT molecular complexity index is 486. The van der Waals surface area contributed by atoms with E-state index in [4.69, 9.17) is 0 Å². The third-order valence-corrected chi connectivity index (χ3v) is 3.88. The molecule has 0 fully saturated rings. The number of ketones is 1. The number of aromatic nitrogens is 2. The Balaban J connectivity index is 1.96. The van der Waals surface area contributed by atoms with Crippen molar-refractivity contribution in [1.29, 1.82) is 0 Å². The SMILES string of the molecule is O=C1C[C@@H](c2cccs2)Cc2[nH]ncc21. The molecule has 15 heavy (non-hydrogen) atoms. The summed E-state index contributed by atoms with van der Waals surface area (Å²) in [4.78, 5) is 13.1. The van der Waals surface area contributed by atoms with Gasteiger partial charge in [-0.25, -0.2) is 0 Å². The zero-order valence-corrected chi connectivity index (χ0v) is 8.88. The van der Waals surface area contributed by atoms with Gasteiger partial charge in [0.2, 0.25) is 0 Å². The molecular formula is C11H10N2OS. The molecule has 2 aromatic rings. The van der Waals surface area contributed by atoms with Gasteiger partial charge in [0.05, 0.1) is 11.8 Å². The lowest BCUT2D eigenvalue weighted by atomic mass is 9.86. The maximum atomic E-state index is 11.8. The van der Waals surface area contributed by atoms with Crippen LogP contribution >= 0.6 is 11.3 Å². The van der Waals surface area contributed by atoms with E-state index in [1.807, 2.05) is 6.07 Å². The maximum Gasteiger partial charge on any atom is 0.166 e. The molecule has 1 atom stereocenters. The smallest absolute Gasteiger partial charge is 0.166 e. The molecule has 0 aliphatic heterocycles. The van der Waals surface area contributed by atoms with Crippen LogP contribution < -0.4 is 0 Å². The number of H-pyrrole nitrogens is 1. The number of thiophene rings is 1. The van der Waals surface area contributed by atoms with Crippen molar-refractivity contribution in [2.75, 3.05) is 0 Å². The van der Waals surface area contributed by atoms with E-state index in [2.05, 4.69) is 21.6 Å². The second-order valence-corrected chi connectivity index (χ2v) is 4.79. The van der Waals surface area contributed by atoms with E-state index in [9.17, 15) is 4.79 Å². The minimum Gasteiger partial charge on any atom is -0.294 e. The number of nitrogens with one attached hydrogen (secondary N) is 1. The van der Waals surface area contributed by atoms with E-state index in [1.54, 1.807) is 17.5 Å². The van der Waals surface area contributed by atoms with E-state index in [-0.39, 0.29) is 5.78 Å². The molecule has 0 unspecified atom stereocenters. The van der Waals surface area contributed by atoms with Gasteiger partial charge in [-0.1, -0.05) is 6.07 Å². The molecule has 3 rings (SSSR count). The molecule has 1 aliphatic carbocycles. The maximum absolute atomic E-state index is 11.8. The van der Waals surface area contributed by atoms with Gasteiger partial charge < -0.3 is 0 Å². The molecule has 2 aromatic heterocycles. The van der Waals surface area contributed by atoms with Gasteiger partial charge in [-0.2, -0.15) is 5.10 Å². The van der Waals surface area contributed by atoms with Crippen molar-refractivity contribution in [3.63, 3.8) is 0 Å². The zero-order valence-electron chi connectivity index (χ0n) is 8.06. The minimum atomic E-state index is 0.211. The van der Waals surface area contributed by atoms with Gasteiger partial charge in [-0.3, -0.25) is 9.89 Å². The van der Waals surface area contributed by atoms with Crippen LogP contribution in [0.4, 0.5) is 0 Å². The van der Waals surface area contributed by atoms with Gasteiger partial charge in [0, 0.05) is 22.9 Å². The highest BCUT2D eigenvalue weighted by atomic mass is 32.1. The van der Waals surface area contributed by atoms with Gasteiger partial charge in [0.15, 0.2) is 5.78 Å². The molecule has 0 radical (unpaired) electrons. The van der Waals surface area contributed by atoms with Crippen molar-refractivity contribution in [3.05, 3.63) is 39.8 Å². The van der Waals surface area contributed by atoms with Crippen LogP contribution in [0.25, 0.3) is 0 Å². The second-order valence-electron chi connectivity index (χ2n) is 3.81. The van der Waals surface area contributed by atoms with Crippen LogP contribution in [0.2, 0.25) is 0 Å². The Morgan fingerprint density at radius 3 is 3.20 bits per heavy atom. The van der Waals surface area contributed by atoms with Crippen LogP contribution in [0.3, 0.4) is 0 Å². The number of rotatable bonds is 1. The summed E-state index contributed by atoms with van der Waals surface area (Å²) in [5.74, 6) is 0.550. The molecule has 0 spiro atoms. The topological polar surface area (TPSA) is 45.8 Å². The predicted molar refractivity (Wildman–Crippen MR) is 58.3 cm³/mol. The van der Waals surface area contributed by atoms with E-state index >= 15 is 0 Å². The Labute approximate surface area is 91.1 Å². The van der Waals surface area contributed by atoms with Crippen molar-refractivity contribution >= 4 is 17.1 Å². The number of hydrogen-bond donors (Lipinski definition) is 1. The van der Waals surface area contributed by atoms with Crippen LogP contribution in [-0.4, -0.2) is 16.0 Å². The van der Waals surface area contributed by atoms with Gasteiger partial charge in [0.1, 0.15) is 0 Å². The van der Waals surface area contributed by atoms with Crippen LogP contribution in [0.15, 0.2) is 23.7 Å². The monoisotopic (exact) mass is 218 g/mol. The molecule has 4 heteroatoms. The van der Waals surface area contributed by atoms with Crippen LogP contribution in [-0.2, 0) is 6.42 Å². The van der Waals surface area contributed by atoms with E-state index in [1.165, 1.54) is 4.88 Å². The first kappa shape index (κ1) is 8.85. The summed E-state index contributed by atoms with van der Waals surface area (Å²) < 4.78 is 0. The molecule has 1 N–H and O–H groups in total. The minimum absolute atomic E-state index is 0.211. The summed E-state index contributed by atoms with van der Waals surface area (Å²) in [5.41, 5.74) is 1.77. The quantitative estimate of drug-likeness (QED) is 0.798. The highest BCUT2D eigenvalue weighted by Gasteiger charge is 2.27. The van der Waals surface area contributed by atoms with Gasteiger partial charge in [-0.05, 0) is 17.9 Å². The van der Waals surface area contributed by atoms with Crippen molar-refractivity contribution in [1.82, 2.24) is 10.2 Å². The number of carbonyl (C=O) groups is 1. The third-order valence-electron chi connectivity index (χ3n) is 2.85. The van der Waals surface area contributed by atoms with Crippen molar-refractivity contribution in [2.45, 2.75) is 18.8 Å². The fourth-order valence-corrected chi connectivity index (χ4v) is 2.92. The summed E-state index contributed by atoms with van der Waals surface area (Å²) in [7, 11) is 0. The number of hydrogen-bond acceptors (Lipinski definition) is 3. The Hall–Kier alpha value is -1.42. The van der Waals surface area contributed by atoms with E-state index in [0.717, 1.165) is 17.7 Å². The summed E-state index contributed by atoms with van der Waals surface area (Å²) in [5, 5.41) is 8.90. The number of fused-ring (bicyclic) bond motifs is 1. The normalized spacial score (nSPS) is 20.3. The first-order chi connectivity index (χ1) is 7.34. The lowest BCUT2D eigenvalue weighted by Crippen LogP contribution is -2.17. The van der Waals surface area contributed by atoms with Gasteiger partial charge in [-0.15, -0.1) is 11.3 Å². The molecule has 76 valence electrons. The first-order valence-electron chi connectivity index (χ1n) is 4.93. The number of Topliss-reactive ketones (excluding diaryl/α,β-unsaturated/α-hetero) is 1. The van der Waals surface area contributed by atoms with Crippen LogP contribution in [0.5, 0.6) is 0 Å². The second kappa shape index (κ2) is 3.31. The molecule has 0 aromatic carbocycles. The fraction of sp³-hybridized carbons (Fsp3) is 0.273. The molecule has 0 amide bonds. The molecule has 0 bridgehead atoms. The van der Waals surface area contributed by atoms with E-state index in [0.29, 0.717) is 12.3 Å². The highest BCUT2D eigenvalue weighted by Crippen LogP contribution is 2.33. The molecule has 0 saturated carbocycles. The molecular weight excluding hydrogens is 208 g/mol. The summed E-state index contributed by atoms with van der Waals surface area (Å²) in [6.45, 7) is 0. The molecule has 0 saturated heterocycles. The summed E-state index contributed by atoms with van der Waals surface area (Å²) in [6, 6.07) is 4.14. The number of nitrogens with zero attached hydrogens (tertiary/aromatic N) is 1. The Morgan fingerprint density at radius 2 is 2.40 bits per heavy atom. The summed E-state index contributed by atoms with van der Waals surface area (Å²) >= 11 is 1.72. The van der Waals surface area contributed by atoms with Crippen LogP contribution in [0, 0.1) is 0 Å². The lowest BCUT2D eigenvalue weighted by molar-refractivity contribution is 0.0964. The van der Waals surface area contributed by atoms with E-state index < -0.39 is 0 Å². The van der Waals surface area contributed by atoms with Crippen LogP contribution in [0.1, 0.15) is 33.3 Å². The molecule has 2 heterocycles. The zero-order chi connectivity index (χ0) is 10.3. The van der Waals surface area contributed by atoms with Gasteiger partial charge >= 0.3 is 0 Å². The highest BCUT2D eigenvalue weighted by molar-refractivity contribution is 7.10. The summed E-state index contributed by atoms with van der Waals surface area (Å²) in [6.07, 6.45) is 3.16. The number of aromatic amines is 1. The third kappa shape index (κ3) is 1.41. The number of carbonyl (C=O) groups excluding carboxylic acids is 1. The molecule has 3 nitrogen and oxygen atoms in total. The molecule has 1 aliphatic rings. The lowest BCUT2D eigenvalue weighted by Gasteiger charge is -2.19. The standard InChI is InChI=1S/C11H10N2OS/c14-10-5-7(11-2-1-3-15-11)4-9-8(10)6-12-13-9/h1-3,6-7H,4-5H2,(H,12,13)/t7-/m0/s1. The Morgan fingerprint density at radius 1 is 1.47 bits per heavy atom.